The zero-order chi connectivity index (χ0) is 24.8. The van der Waals surface area contributed by atoms with E-state index in [0.717, 1.165) is 25.9 Å². The average Bonchev–Trinajstić information content (AvgIpc) is 2.63. The van der Waals surface area contributed by atoms with Crippen molar-refractivity contribution in [3.63, 3.8) is 0 Å². The summed E-state index contributed by atoms with van der Waals surface area (Å²) in [5.74, 6) is 0.270. The number of hydrogen-bond acceptors (Lipinski definition) is 7. The number of carbonyl (C=O) groups is 2. The van der Waals surface area contributed by atoms with E-state index < -0.39 is 0 Å². The number of carbonyl (C=O) groups excluding carboxylic acids is 2. The first-order valence-electron chi connectivity index (χ1n) is 12.0. The molecule has 0 radical (unpaired) electrons. The van der Waals surface area contributed by atoms with Crippen LogP contribution in [0.2, 0.25) is 0 Å². The Morgan fingerprint density at radius 1 is 0.758 bits per heavy atom. The van der Waals surface area contributed by atoms with Gasteiger partial charge in [-0.2, -0.15) is 0 Å². The van der Waals surface area contributed by atoms with Gasteiger partial charge in [0.2, 0.25) is 0 Å². The number of allylic oxidation sites excluding steroid dienone is 4. The van der Waals surface area contributed by atoms with E-state index in [-0.39, 0.29) is 33.9 Å². The third-order valence-corrected chi connectivity index (χ3v) is 6.15. The third kappa shape index (κ3) is 7.91. The summed E-state index contributed by atoms with van der Waals surface area (Å²) in [7, 11) is 0. The monoisotopic (exact) mass is 459 g/mol. The molecule has 0 bridgehead atoms. The molecule has 0 atom stereocenters. The smallest absolute Gasteiger partial charge is 0.168 e. The second-order valence-corrected chi connectivity index (χ2v) is 10.9. The molecule has 3 N–H and O–H groups in total. The van der Waals surface area contributed by atoms with E-state index in [1.165, 1.54) is 0 Å². The number of hydrogen-bond donors (Lipinski definition) is 3. The summed E-state index contributed by atoms with van der Waals surface area (Å²) < 4.78 is 0. The molecule has 0 aromatic rings. The highest BCUT2D eigenvalue weighted by atomic mass is 16.3. The van der Waals surface area contributed by atoms with Gasteiger partial charge < -0.3 is 15.5 Å². The maximum atomic E-state index is 12.4. The second-order valence-electron chi connectivity index (χ2n) is 10.9. The van der Waals surface area contributed by atoms with Gasteiger partial charge in [-0.15, -0.1) is 0 Å². The van der Waals surface area contributed by atoms with Crippen LogP contribution in [0, 0.1) is 10.8 Å². The van der Waals surface area contributed by atoms with Crippen LogP contribution in [-0.2, 0) is 9.59 Å². The van der Waals surface area contributed by atoms with E-state index in [9.17, 15) is 19.8 Å². The van der Waals surface area contributed by atoms with Gasteiger partial charge in [0.1, 0.15) is 11.5 Å². The quantitative estimate of drug-likeness (QED) is 0.324. The number of aliphatic imine (C=N–C) groups is 2. The largest absolute Gasteiger partial charge is 0.511 e. The maximum absolute atomic E-state index is 12.4. The van der Waals surface area contributed by atoms with Crippen LogP contribution in [0.3, 0.4) is 0 Å². The molecule has 0 unspecified atom stereocenters. The van der Waals surface area contributed by atoms with Crippen molar-refractivity contribution in [3.8, 4) is 0 Å². The molecule has 0 heterocycles. The first kappa shape index (κ1) is 27.0. The number of aliphatic hydroxyl groups is 2. The minimum atomic E-state index is -0.197. The molecular weight excluding hydrogens is 418 g/mol. The standard InChI is InChI=1S/C26H41N3O4/c1-17(23-19(30)13-25(3,4)14-20(23)31)28-11-7-9-27-10-8-12-29-18(2)24-21(32)15-26(5,6)16-22(24)33/h27,30,32H,7-16H2,1-6H3. The molecule has 0 saturated carbocycles. The lowest BCUT2D eigenvalue weighted by molar-refractivity contribution is -0.118. The van der Waals surface area contributed by atoms with E-state index in [4.69, 9.17) is 0 Å². The third-order valence-electron chi connectivity index (χ3n) is 6.15. The molecule has 0 aromatic carbocycles. The van der Waals surface area contributed by atoms with Crippen LogP contribution in [-0.4, -0.2) is 59.4 Å². The molecule has 7 heteroatoms. The fourth-order valence-electron chi connectivity index (χ4n) is 4.58. The molecule has 0 aliphatic heterocycles. The first-order chi connectivity index (χ1) is 15.3. The van der Waals surface area contributed by atoms with Crippen LogP contribution < -0.4 is 5.32 Å². The van der Waals surface area contributed by atoms with Crippen molar-refractivity contribution in [3.05, 3.63) is 22.7 Å². The first-order valence-corrected chi connectivity index (χ1v) is 12.0. The molecule has 0 amide bonds. The fraction of sp³-hybridized carbons (Fsp3) is 0.692. The molecule has 7 nitrogen and oxygen atoms in total. The Kier molecular flexibility index (Phi) is 9.18. The second kappa shape index (κ2) is 11.2. The normalized spacial score (nSPS) is 21.8. The van der Waals surface area contributed by atoms with E-state index in [1.54, 1.807) is 13.8 Å². The highest BCUT2D eigenvalue weighted by molar-refractivity contribution is 6.23. The SMILES string of the molecule is CC(=NCCCNCCCN=C(C)C1=C(O)CC(C)(C)CC1=O)C1=C(O)CC(C)(C)CC1=O. The van der Waals surface area contributed by atoms with Crippen molar-refractivity contribution in [1.29, 1.82) is 0 Å². The molecule has 0 spiro atoms. The van der Waals surface area contributed by atoms with Crippen molar-refractivity contribution in [1.82, 2.24) is 5.32 Å². The number of nitrogens with one attached hydrogen (secondary N) is 1. The van der Waals surface area contributed by atoms with Crippen molar-refractivity contribution in [2.45, 2.75) is 80.1 Å². The Hall–Kier alpha value is -2.28. The molecule has 2 aliphatic rings. The van der Waals surface area contributed by atoms with Gasteiger partial charge in [0.15, 0.2) is 11.6 Å². The minimum absolute atomic E-state index is 0.0262. The molecule has 0 aromatic heterocycles. The number of ketones is 2. The van der Waals surface area contributed by atoms with Gasteiger partial charge in [-0.05, 0) is 50.6 Å². The molecule has 184 valence electrons. The predicted octanol–water partition coefficient (Wildman–Crippen LogP) is 4.68. The lowest BCUT2D eigenvalue weighted by atomic mass is 9.76. The van der Waals surface area contributed by atoms with Crippen molar-refractivity contribution >= 4 is 23.0 Å². The van der Waals surface area contributed by atoms with Crippen LogP contribution in [0.1, 0.15) is 80.1 Å². The summed E-state index contributed by atoms with van der Waals surface area (Å²) in [4.78, 5) is 33.7. The van der Waals surface area contributed by atoms with Gasteiger partial charge >= 0.3 is 0 Å². The molecule has 0 fully saturated rings. The van der Waals surface area contributed by atoms with Crippen molar-refractivity contribution in [2.24, 2.45) is 20.8 Å². The Balaban J connectivity index is 1.69. The number of nitrogens with zero attached hydrogens (tertiary/aromatic N) is 2. The number of aliphatic hydroxyl groups excluding tert-OH is 2. The molecule has 33 heavy (non-hydrogen) atoms. The molecule has 0 saturated heterocycles. The van der Waals surface area contributed by atoms with Gasteiger partial charge in [0.05, 0.1) is 11.1 Å². The summed E-state index contributed by atoms with van der Waals surface area (Å²) in [6.07, 6.45) is 3.55. The number of rotatable bonds is 10. The van der Waals surface area contributed by atoms with Gasteiger partial charge in [0.25, 0.3) is 0 Å². The Morgan fingerprint density at radius 2 is 1.12 bits per heavy atom. The number of Topliss-reactive ketones (excluding diaryl/α,β-unsaturated/α-hetero) is 2. The van der Waals surface area contributed by atoms with Crippen LogP contribution in [0.5, 0.6) is 0 Å². The highest BCUT2D eigenvalue weighted by Crippen LogP contribution is 2.37. The summed E-state index contributed by atoms with van der Waals surface area (Å²) in [5.41, 5.74) is 1.65. The fourth-order valence-corrected chi connectivity index (χ4v) is 4.58. The predicted molar refractivity (Wildman–Crippen MR) is 133 cm³/mol. The van der Waals surface area contributed by atoms with Crippen LogP contribution in [0.15, 0.2) is 32.6 Å². The van der Waals surface area contributed by atoms with Crippen molar-refractivity contribution < 1.29 is 19.8 Å². The zero-order valence-corrected chi connectivity index (χ0v) is 21.2. The van der Waals surface area contributed by atoms with Crippen molar-refractivity contribution in [2.75, 3.05) is 26.2 Å². The Labute approximate surface area is 198 Å². The van der Waals surface area contributed by atoms with Crippen LogP contribution in [0.25, 0.3) is 0 Å². The van der Waals surface area contributed by atoms with Crippen LogP contribution in [0.4, 0.5) is 0 Å². The van der Waals surface area contributed by atoms with E-state index in [1.807, 2.05) is 27.7 Å². The summed E-state index contributed by atoms with van der Waals surface area (Å²) in [6.45, 7) is 14.3. The van der Waals surface area contributed by atoms with E-state index in [2.05, 4.69) is 15.3 Å². The Morgan fingerprint density at radius 3 is 1.45 bits per heavy atom. The molecular formula is C26H41N3O4. The minimum Gasteiger partial charge on any atom is -0.511 e. The summed E-state index contributed by atoms with van der Waals surface area (Å²) in [5, 5.41) is 23.9. The lowest BCUT2D eigenvalue weighted by Crippen LogP contribution is -2.28. The average molecular weight is 460 g/mol. The van der Waals surface area contributed by atoms with Gasteiger partial charge in [0, 0.05) is 50.2 Å². The maximum Gasteiger partial charge on any atom is 0.168 e. The topological polar surface area (TPSA) is 111 Å². The van der Waals surface area contributed by atoms with Gasteiger partial charge in [-0.25, -0.2) is 0 Å². The van der Waals surface area contributed by atoms with Gasteiger partial charge in [-0.1, -0.05) is 27.7 Å². The summed E-state index contributed by atoms with van der Waals surface area (Å²) in [6, 6.07) is 0. The van der Waals surface area contributed by atoms with Crippen LogP contribution >= 0.6 is 0 Å². The van der Waals surface area contributed by atoms with Gasteiger partial charge in [-0.3, -0.25) is 19.6 Å². The molecule has 2 rings (SSSR count). The lowest BCUT2D eigenvalue weighted by Gasteiger charge is -2.29. The summed E-state index contributed by atoms with van der Waals surface area (Å²) >= 11 is 0. The highest BCUT2D eigenvalue weighted by Gasteiger charge is 2.34. The molecule has 2 aliphatic carbocycles. The van der Waals surface area contributed by atoms with E-state index in [0.29, 0.717) is 61.3 Å². The van der Waals surface area contributed by atoms with E-state index >= 15 is 0 Å². The Bertz CT molecular complexity index is 819. The zero-order valence-electron chi connectivity index (χ0n) is 21.2.